The molecule has 0 aromatic rings. The van der Waals surface area contributed by atoms with Gasteiger partial charge in [-0.05, 0) is 13.3 Å². The number of rotatable bonds is 9. The quantitative estimate of drug-likeness (QED) is 0.359. The Morgan fingerprint density at radius 1 is 1.12 bits per heavy atom. The van der Waals surface area contributed by atoms with Crippen LogP contribution in [0.4, 0.5) is 0 Å². The number of unbranched alkanes of at least 4 members (excludes halogenated alkanes) is 5. The van der Waals surface area contributed by atoms with E-state index in [-0.39, 0.29) is 29.6 Å². The molecule has 0 rings (SSSR count). The van der Waals surface area contributed by atoms with Gasteiger partial charge >= 0.3 is 40.0 Å². The second-order valence-electron chi connectivity index (χ2n) is 3.89. The maximum atomic E-state index is 10.3. The molecule has 0 aliphatic rings. The van der Waals surface area contributed by atoms with Gasteiger partial charge in [0.25, 0.3) is 0 Å². The molecule has 0 aromatic heterocycles. The van der Waals surface area contributed by atoms with Crippen LogP contribution in [0.1, 0.15) is 58.8 Å². The summed E-state index contributed by atoms with van der Waals surface area (Å²) in [6.07, 6.45) is 7.20. The fourth-order valence-corrected chi connectivity index (χ4v) is 1.98. The van der Waals surface area contributed by atoms with E-state index in [9.17, 15) is 8.42 Å². The molecular formula is C10H22NaO4S+. The Morgan fingerprint density at radius 2 is 1.62 bits per heavy atom. The van der Waals surface area contributed by atoms with E-state index in [0.717, 1.165) is 12.8 Å². The average Bonchev–Trinajstić information content (AvgIpc) is 2.08. The van der Waals surface area contributed by atoms with Crippen molar-refractivity contribution in [3.8, 4) is 0 Å². The Kier molecular flexibility index (Phi) is 13.2. The van der Waals surface area contributed by atoms with Gasteiger partial charge in [-0.15, -0.1) is 0 Å². The van der Waals surface area contributed by atoms with E-state index in [1.807, 2.05) is 0 Å². The minimum Gasteiger partial charge on any atom is -0.264 e. The molecule has 1 atom stereocenters. The summed E-state index contributed by atoms with van der Waals surface area (Å²) in [5.41, 5.74) is 0. The van der Waals surface area contributed by atoms with Gasteiger partial charge in [0.2, 0.25) is 0 Å². The summed E-state index contributed by atoms with van der Waals surface area (Å²) in [5, 5.41) is 0. The van der Waals surface area contributed by atoms with E-state index in [4.69, 9.17) is 4.55 Å². The van der Waals surface area contributed by atoms with E-state index in [1.54, 1.807) is 6.92 Å². The van der Waals surface area contributed by atoms with Gasteiger partial charge in [-0.3, -0.25) is 4.55 Å². The summed E-state index contributed by atoms with van der Waals surface area (Å²) < 4.78 is 33.5. The predicted octanol–water partition coefficient (Wildman–Crippen LogP) is -0.0511. The first-order chi connectivity index (χ1) is 6.95. The van der Waals surface area contributed by atoms with Gasteiger partial charge in [0.1, 0.15) is 0 Å². The van der Waals surface area contributed by atoms with Crippen molar-refractivity contribution in [2.75, 3.05) is 0 Å². The van der Waals surface area contributed by atoms with Crippen LogP contribution in [0.3, 0.4) is 0 Å². The first-order valence-electron chi connectivity index (χ1n) is 5.61. The molecule has 92 valence electrons. The maximum absolute atomic E-state index is 10.3. The Bertz CT molecular complexity index is 241. The third-order valence-corrected chi connectivity index (χ3v) is 2.82. The van der Waals surface area contributed by atoms with Crippen molar-refractivity contribution in [1.82, 2.24) is 0 Å². The molecule has 0 heterocycles. The average molecular weight is 261 g/mol. The van der Waals surface area contributed by atoms with Gasteiger partial charge < -0.3 is 0 Å². The predicted molar refractivity (Wildman–Crippen MR) is 60.1 cm³/mol. The van der Waals surface area contributed by atoms with Gasteiger partial charge in [0.15, 0.2) is 0 Å². The molecule has 0 spiro atoms. The molecule has 0 aromatic carbocycles. The number of hydrogen-bond donors (Lipinski definition) is 1. The molecule has 0 saturated carbocycles. The Labute approximate surface area is 121 Å². The molecular weight excluding hydrogens is 239 g/mol. The number of hydrogen-bond acceptors (Lipinski definition) is 3. The Balaban J connectivity index is 0. The van der Waals surface area contributed by atoms with Crippen LogP contribution < -0.4 is 29.6 Å². The molecule has 0 fully saturated rings. The summed E-state index contributed by atoms with van der Waals surface area (Å²) in [4.78, 5) is 0. The van der Waals surface area contributed by atoms with Gasteiger partial charge in [-0.1, -0.05) is 45.4 Å². The van der Waals surface area contributed by atoms with Crippen LogP contribution in [-0.2, 0) is 14.6 Å². The van der Waals surface area contributed by atoms with Crippen molar-refractivity contribution in [1.29, 1.82) is 0 Å². The molecule has 0 aliphatic heterocycles. The zero-order chi connectivity index (χ0) is 11.7. The van der Waals surface area contributed by atoms with Crippen LogP contribution in [0.25, 0.3) is 0 Å². The summed E-state index contributed by atoms with van der Waals surface area (Å²) in [5.74, 6) is 0. The van der Waals surface area contributed by atoms with Crippen molar-refractivity contribution in [2.24, 2.45) is 0 Å². The second-order valence-corrected chi connectivity index (χ2v) is 4.94. The van der Waals surface area contributed by atoms with Crippen LogP contribution >= 0.6 is 0 Å². The van der Waals surface area contributed by atoms with Gasteiger partial charge in [-0.2, -0.15) is 8.42 Å². The van der Waals surface area contributed by atoms with E-state index in [1.165, 1.54) is 25.7 Å². The minimum absolute atomic E-state index is 0. The summed E-state index contributed by atoms with van der Waals surface area (Å²) in [6.45, 7) is 3.82. The largest absolute Gasteiger partial charge is 1.00 e. The Morgan fingerprint density at radius 3 is 2.12 bits per heavy atom. The fraction of sp³-hybridized carbons (Fsp3) is 1.00. The third-order valence-electron chi connectivity index (χ3n) is 2.25. The van der Waals surface area contributed by atoms with E-state index in [2.05, 4.69) is 11.1 Å². The molecule has 0 amide bonds. The molecule has 0 aliphatic carbocycles. The molecule has 0 saturated heterocycles. The van der Waals surface area contributed by atoms with Crippen LogP contribution in [0.2, 0.25) is 0 Å². The summed E-state index contributed by atoms with van der Waals surface area (Å²) in [7, 11) is -4.27. The first kappa shape index (κ1) is 19.2. The second kappa shape index (κ2) is 11.0. The molecule has 0 unspecified atom stereocenters. The van der Waals surface area contributed by atoms with Crippen LogP contribution in [0.15, 0.2) is 0 Å². The van der Waals surface area contributed by atoms with Crippen LogP contribution in [-0.4, -0.2) is 19.1 Å². The molecule has 1 N–H and O–H groups in total. The van der Waals surface area contributed by atoms with Crippen LogP contribution in [0, 0.1) is 0 Å². The van der Waals surface area contributed by atoms with Gasteiger partial charge in [0, 0.05) is 0 Å². The van der Waals surface area contributed by atoms with Crippen molar-refractivity contribution in [3.05, 3.63) is 0 Å². The monoisotopic (exact) mass is 261 g/mol. The van der Waals surface area contributed by atoms with Gasteiger partial charge in [-0.25, -0.2) is 4.18 Å². The summed E-state index contributed by atoms with van der Waals surface area (Å²) in [6, 6.07) is 0. The van der Waals surface area contributed by atoms with E-state index >= 15 is 0 Å². The fourth-order valence-electron chi connectivity index (χ4n) is 1.47. The molecule has 6 heteroatoms. The minimum atomic E-state index is -4.27. The molecule has 16 heavy (non-hydrogen) atoms. The zero-order valence-corrected chi connectivity index (χ0v) is 13.4. The zero-order valence-electron chi connectivity index (χ0n) is 10.6. The van der Waals surface area contributed by atoms with Gasteiger partial charge in [0.05, 0.1) is 6.10 Å². The molecule has 0 radical (unpaired) electrons. The topological polar surface area (TPSA) is 63.6 Å². The standard InChI is InChI=1S/C10H22O4S.Na/c1-3-4-5-6-7-8-9-10(2)14-15(11,12)13;/h10H,3-9H2,1-2H3,(H,11,12,13);/q;+1/t10-;/m1./s1. The maximum Gasteiger partial charge on any atom is 1.00 e. The Hall–Kier alpha value is 0.870. The van der Waals surface area contributed by atoms with Crippen molar-refractivity contribution in [2.45, 2.75) is 64.9 Å². The van der Waals surface area contributed by atoms with E-state index < -0.39 is 16.5 Å². The van der Waals surface area contributed by atoms with E-state index in [0.29, 0.717) is 6.42 Å². The summed E-state index contributed by atoms with van der Waals surface area (Å²) >= 11 is 0. The van der Waals surface area contributed by atoms with Crippen molar-refractivity contribution >= 4 is 10.4 Å². The normalized spacial score (nSPS) is 13.2. The van der Waals surface area contributed by atoms with Crippen molar-refractivity contribution in [3.63, 3.8) is 0 Å². The molecule has 4 nitrogen and oxygen atoms in total. The third kappa shape index (κ3) is 14.9. The van der Waals surface area contributed by atoms with Crippen LogP contribution in [0.5, 0.6) is 0 Å². The first-order valence-corrected chi connectivity index (χ1v) is 6.98. The van der Waals surface area contributed by atoms with Crippen molar-refractivity contribution < 1.29 is 46.7 Å². The SMILES string of the molecule is CCCCCCCC[C@@H](C)OS(=O)(=O)O.[Na+]. The molecule has 0 bridgehead atoms. The smallest absolute Gasteiger partial charge is 0.264 e.